The van der Waals surface area contributed by atoms with Crippen LogP contribution in [0, 0.1) is 0 Å². The van der Waals surface area contributed by atoms with Crippen LogP contribution in [0.1, 0.15) is 17.3 Å². The maximum Gasteiger partial charge on any atom is 0.251 e. The van der Waals surface area contributed by atoms with Crippen LogP contribution >= 0.6 is 11.6 Å². The number of benzene rings is 1. The maximum atomic E-state index is 11.5. The summed E-state index contributed by atoms with van der Waals surface area (Å²) >= 11 is 5.73. The second-order valence-corrected chi connectivity index (χ2v) is 3.50. The summed E-state index contributed by atoms with van der Waals surface area (Å²) in [4.78, 5) is 11.5. The van der Waals surface area contributed by atoms with E-state index in [0.717, 1.165) is 0 Å². The Morgan fingerprint density at radius 3 is 2.93 bits per heavy atom. The van der Waals surface area contributed by atoms with Gasteiger partial charge in [-0.1, -0.05) is 17.7 Å². The summed E-state index contributed by atoms with van der Waals surface area (Å²) < 4.78 is 0. The van der Waals surface area contributed by atoms with Gasteiger partial charge in [0.05, 0.1) is 6.61 Å². The molecule has 0 radical (unpaired) electrons. The molecule has 0 saturated carbocycles. The molecule has 3 nitrogen and oxygen atoms in total. The molecule has 0 saturated heterocycles. The second-order valence-electron chi connectivity index (χ2n) is 3.07. The molecule has 1 amide bonds. The largest absolute Gasteiger partial charge is 0.394 e. The zero-order chi connectivity index (χ0) is 10.6. The van der Waals surface area contributed by atoms with E-state index >= 15 is 0 Å². The Kier molecular flexibility index (Phi) is 3.92. The van der Waals surface area contributed by atoms with E-state index in [2.05, 4.69) is 5.32 Å². The minimum Gasteiger partial charge on any atom is -0.394 e. The molecule has 0 spiro atoms. The molecule has 4 heteroatoms. The number of aliphatic hydroxyl groups excluding tert-OH is 1. The van der Waals surface area contributed by atoms with Crippen molar-refractivity contribution in [1.29, 1.82) is 0 Å². The Balaban J connectivity index is 2.70. The van der Waals surface area contributed by atoms with E-state index in [1.165, 1.54) is 0 Å². The van der Waals surface area contributed by atoms with Crippen LogP contribution in [-0.2, 0) is 0 Å². The van der Waals surface area contributed by atoms with Gasteiger partial charge in [0.15, 0.2) is 0 Å². The lowest BCUT2D eigenvalue weighted by Gasteiger charge is -2.10. The van der Waals surface area contributed by atoms with Gasteiger partial charge >= 0.3 is 0 Å². The molecule has 14 heavy (non-hydrogen) atoms. The summed E-state index contributed by atoms with van der Waals surface area (Å²) in [5, 5.41) is 11.9. The van der Waals surface area contributed by atoms with Crippen LogP contribution in [-0.4, -0.2) is 23.7 Å². The van der Waals surface area contributed by atoms with Crippen LogP contribution in [0.2, 0.25) is 5.02 Å². The van der Waals surface area contributed by atoms with Gasteiger partial charge in [-0.05, 0) is 25.1 Å². The number of amides is 1. The first-order valence-electron chi connectivity index (χ1n) is 4.30. The third-order valence-electron chi connectivity index (χ3n) is 1.74. The van der Waals surface area contributed by atoms with E-state index in [1.807, 2.05) is 0 Å². The minimum absolute atomic E-state index is 0.0771. The minimum atomic E-state index is -0.249. The number of aliphatic hydroxyl groups is 1. The van der Waals surface area contributed by atoms with E-state index in [4.69, 9.17) is 16.7 Å². The maximum absolute atomic E-state index is 11.5. The average molecular weight is 214 g/mol. The molecule has 0 bridgehead atoms. The van der Waals surface area contributed by atoms with Crippen molar-refractivity contribution in [3.8, 4) is 0 Å². The quantitative estimate of drug-likeness (QED) is 0.799. The second kappa shape index (κ2) is 4.98. The summed E-state index contributed by atoms with van der Waals surface area (Å²) in [5.41, 5.74) is 0.498. The van der Waals surface area contributed by atoms with Gasteiger partial charge in [-0.2, -0.15) is 0 Å². The van der Waals surface area contributed by atoms with Crippen molar-refractivity contribution in [2.75, 3.05) is 6.61 Å². The Morgan fingerprint density at radius 1 is 1.64 bits per heavy atom. The SMILES string of the molecule is CC(CO)NC(=O)c1cccc(Cl)c1. The molecule has 0 aliphatic heterocycles. The highest BCUT2D eigenvalue weighted by Crippen LogP contribution is 2.10. The lowest BCUT2D eigenvalue weighted by molar-refractivity contribution is 0.0922. The van der Waals surface area contributed by atoms with Crippen molar-refractivity contribution in [3.63, 3.8) is 0 Å². The molecule has 2 N–H and O–H groups in total. The summed E-state index contributed by atoms with van der Waals surface area (Å²) in [6, 6.07) is 6.42. The molecular formula is C10H12ClNO2. The first kappa shape index (κ1) is 11.0. The topological polar surface area (TPSA) is 49.3 Å². The van der Waals surface area contributed by atoms with Gasteiger partial charge in [0.25, 0.3) is 5.91 Å². The zero-order valence-electron chi connectivity index (χ0n) is 7.83. The van der Waals surface area contributed by atoms with Crippen molar-refractivity contribution in [1.82, 2.24) is 5.32 Å². The van der Waals surface area contributed by atoms with Crippen LogP contribution in [0.25, 0.3) is 0 Å². The van der Waals surface area contributed by atoms with Gasteiger partial charge in [-0.15, -0.1) is 0 Å². The lowest BCUT2D eigenvalue weighted by atomic mass is 10.2. The molecule has 1 aromatic rings. The standard InChI is InChI=1S/C10H12ClNO2/c1-7(6-13)12-10(14)8-3-2-4-9(11)5-8/h2-5,7,13H,6H2,1H3,(H,12,14). The fraction of sp³-hybridized carbons (Fsp3) is 0.300. The van der Waals surface area contributed by atoms with Crippen LogP contribution in [0.3, 0.4) is 0 Å². The van der Waals surface area contributed by atoms with E-state index in [9.17, 15) is 4.79 Å². The van der Waals surface area contributed by atoms with Gasteiger partial charge in [0.1, 0.15) is 0 Å². The Bertz CT molecular complexity index is 328. The number of carbonyl (C=O) groups excluding carboxylic acids is 1. The van der Waals surface area contributed by atoms with E-state index in [1.54, 1.807) is 31.2 Å². The summed E-state index contributed by atoms with van der Waals surface area (Å²) in [6.45, 7) is 1.65. The fourth-order valence-corrected chi connectivity index (χ4v) is 1.17. The van der Waals surface area contributed by atoms with Gasteiger partial charge < -0.3 is 10.4 Å². The molecule has 0 aromatic heterocycles. The van der Waals surface area contributed by atoms with Crippen LogP contribution in [0.15, 0.2) is 24.3 Å². The molecule has 0 aliphatic carbocycles. The highest BCUT2D eigenvalue weighted by Gasteiger charge is 2.08. The highest BCUT2D eigenvalue weighted by atomic mass is 35.5. The van der Waals surface area contributed by atoms with E-state index in [-0.39, 0.29) is 18.6 Å². The van der Waals surface area contributed by atoms with Gasteiger partial charge in [-0.3, -0.25) is 4.79 Å². The third-order valence-corrected chi connectivity index (χ3v) is 1.97. The summed E-state index contributed by atoms with van der Waals surface area (Å²) in [7, 11) is 0. The smallest absolute Gasteiger partial charge is 0.251 e. The van der Waals surface area contributed by atoms with Crippen molar-refractivity contribution in [3.05, 3.63) is 34.9 Å². The first-order chi connectivity index (χ1) is 6.63. The van der Waals surface area contributed by atoms with Crippen LogP contribution in [0.5, 0.6) is 0 Å². The summed E-state index contributed by atoms with van der Waals surface area (Å²) in [5.74, 6) is -0.228. The van der Waals surface area contributed by atoms with Gasteiger partial charge in [0.2, 0.25) is 0 Å². The van der Waals surface area contributed by atoms with Gasteiger partial charge in [0, 0.05) is 16.6 Å². The predicted octanol–water partition coefficient (Wildman–Crippen LogP) is 1.45. The molecule has 1 atom stereocenters. The number of hydrogen-bond acceptors (Lipinski definition) is 2. The number of hydrogen-bond donors (Lipinski definition) is 2. The van der Waals surface area contributed by atoms with Crippen molar-refractivity contribution in [2.45, 2.75) is 13.0 Å². The van der Waals surface area contributed by atoms with E-state index < -0.39 is 0 Å². The normalized spacial score (nSPS) is 12.2. The zero-order valence-corrected chi connectivity index (χ0v) is 8.58. The van der Waals surface area contributed by atoms with Crippen molar-refractivity contribution in [2.24, 2.45) is 0 Å². The third kappa shape index (κ3) is 3.01. The lowest BCUT2D eigenvalue weighted by Crippen LogP contribution is -2.34. The van der Waals surface area contributed by atoms with Crippen LogP contribution in [0.4, 0.5) is 0 Å². The average Bonchev–Trinajstić information content (AvgIpc) is 2.17. The van der Waals surface area contributed by atoms with Crippen molar-refractivity contribution >= 4 is 17.5 Å². The van der Waals surface area contributed by atoms with Crippen LogP contribution < -0.4 is 5.32 Å². The predicted molar refractivity (Wildman–Crippen MR) is 55.5 cm³/mol. The van der Waals surface area contributed by atoms with Crippen molar-refractivity contribution < 1.29 is 9.90 Å². The molecule has 76 valence electrons. The number of carbonyl (C=O) groups is 1. The Labute approximate surface area is 87.7 Å². The molecule has 1 unspecified atom stereocenters. The molecule has 0 aliphatic rings. The Hall–Kier alpha value is -1.06. The number of halogens is 1. The fourth-order valence-electron chi connectivity index (χ4n) is 0.982. The highest BCUT2D eigenvalue weighted by molar-refractivity contribution is 6.30. The van der Waals surface area contributed by atoms with Gasteiger partial charge in [-0.25, -0.2) is 0 Å². The Morgan fingerprint density at radius 2 is 2.36 bits per heavy atom. The molecule has 1 aromatic carbocycles. The monoisotopic (exact) mass is 213 g/mol. The number of nitrogens with one attached hydrogen (secondary N) is 1. The molecule has 0 fully saturated rings. The number of rotatable bonds is 3. The molecular weight excluding hydrogens is 202 g/mol. The van der Waals surface area contributed by atoms with E-state index in [0.29, 0.717) is 10.6 Å². The first-order valence-corrected chi connectivity index (χ1v) is 4.68. The summed E-state index contributed by atoms with van der Waals surface area (Å²) in [6.07, 6.45) is 0. The molecule has 0 heterocycles. The molecule has 1 rings (SSSR count).